The number of carbonyl (C=O) groups is 1. The summed E-state index contributed by atoms with van der Waals surface area (Å²) in [5.41, 5.74) is 1.00. The van der Waals surface area contributed by atoms with E-state index in [1.807, 2.05) is 25.3 Å². The fourth-order valence-corrected chi connectivity index (χ4v) is 2.13. The van der Waals surface area contributed by atoms with Crippen molar-refractivity contribution in [2.45, 2.75) is 26.3 Å². The van der Waals surface area contributed by atoms with Gasteiger partial charge in [-0.3, -0.25) is 4.79 Å². The van der Waals surface area contributed by atoms with E-state index in [9.17, 15) is 4.79 Å². The van der Waals surface area contributed by atoms with Crippen molar-refractivity contribution in [3.05, 3.63) is 21.9 Å². The highest BCUT2D eigenvalue weighted by atomic mass is 32.1. The van der Waals surface area contributed by atoms with Crippen molar-refractivity contribution < 1.29 is 4.79 Å². The van der Waals surface area contributed by atoms with Gasteiger partial charge in [0.05, 0.1) is 17.4 Å². The first-order valence-electron chi connectivity index (χ1n) is 4.76. The fraction of sp³-hybridized carbons (Fsp3) is 0.455. The van der Waals surface area contributed by atoms with Crippen LogP contribution in [0.25, 0.3) is 0 Å². The predicted molar refractivity (Wildman–Crippen MR) is 60.8 cm³/mol. The zero-order valence-electron chi connectivity index (χ0n) is 9.15. The Hall–Kier alpha value is -1.34. The quantitative estimate of drug-likeness (QED) is 0.788. The maximum Gasteiger partial charge on any atom is 0.264 e. The number of nitriles is 1. The van der Waals surface area contributed by atoms with Gasteiger partial charge < -0.3 is 4.90 Å². The molecule has 0 N–H and O–H groups in total. The largest absolute Gasteiger partial charge is 0.337 e. The van der Waals surface area contributed by atoms with Crippen LogP contribution in [0, 0.1) is 18.3 Å². The molecule has 4 heteroatoms. The van der Waals surface area contributed by atoms with E-state index in [2.05, 4.69) is 6.07 Å². The second-order valence-corrected chi connectivity index (χ2v) is 4.48. The summed E-state index contributed by atoms with van der Waals surface area (Å²) in [6.45, 7) is 3.80. The highest BCUT2D eigenvalue weighted by molar-refractivity contribution is 7.12. The Kier molecular flexibility index (Phi) is 3.87. The van der Waals surface area contributed by atoms with Gasteiger partial charge in [0.2, 0.25) is 0 Å². The molecule has 1 aromatic rings. The summed E-state index contributed by atoms with van der Waals surface area (Å²) < 4.78 is 0. The minimum atomic E-state index is -0.0380. The first-order chi connectivity index (χ1) is 7.07. The molecule has 1 amide bonds. The highest BCUT2D eigenvalue weighted by Crippen LogP contribution is 2.18. The third-order valence-corrected chi connectivity index (χ3v) is 3.43. The molecule has 0 aliphatic rings. The number of hydrogen-bond donors (Lipinski definition) is 0. The lowest BCUT2D eigenvalue weighted by Gasteiger charge is -2.22. The average molecular weight is 222 g/mol. The lowest BCUT2D eigenvalue weighted by molar-refractivity contribution is 0.0750. The molecule has 0 aromatic carbocycles. The molecule has 0 spiro atoms. The second-order valence-electron chi connectivity index (χ2n) is 3.56. The third-order valence-electron chi connectivity index (χ3n) is 2.42. The van der Waals surface area contributed by atoms with Crippen LogP contribution in [0.3, 0.4) is 0 Å². The van der Waals surface area contributed by atoms with Crippen molar-refractivity contribution in [1.82, 2.24) is 4.90 Å². The number of nitrogens with zero attached hydrogens (tertiary/aromatic N) is 2. The molecule has 0 radical (unpaired) electrons. The first kappa shape index (κ1) is 11.7. The number of thiophene rings is 1. The van der Waals surface area contributed by atoms with E-state index in [1.165, 1.54) is 11.3 Å². The maximum absolute atomic E-state index is 12.0. The third kappa shape index (κ3) is 2.57. The first-order valence-corrected chi connectivity index (χ1v) is 5.64. The molecular weight excluding hydrogens is 208 g/mol. The Balaban J connectivity index is 2.78. The van der Waals surface area contributed by atoms with Crippen LogP contribution in [0.1, 0.15) is 28.6 Å². The van der Waals surface area contributed by atoms with Crippen LogP contribution in [0.5, 0.6) is 0 Å². The Labute approximate surface area is 93.9 Å². The van der Waals surface area contributed by atoms with Crippen LogP contribution in [-0.4, -0.2) is 23.9 Å². The Morgan fingerprint density at radius 3 is 2.87 bits per heavy atom. The van der Waals surface area contributed by atoms with E-state index in [1.54, 1.807) is 11.9 Å². The van der Waals surface area contributed by atoms with Crippen LogP contribution in [-0.2, 0) is 0 Å². The van der Waals surface area contributed by atoms with Gasteiger partial charge in [-0.2, -0.15) is 5.26 Å². The van der Waals surface area contributed by atoms with Gasteiger partial charge in [0, 0.05) is 13.1 Å². The zero-order valence-corrected chi connectivity index (χ0v) is 9.97. The molecule has 80 valence electrons. The van der Waals surface area contributed by atoms with Gasteiger partial charge in [-0.25, -0.2) is 0 Å². The number of amides is 1. The topological polar surface area (TPSA) is 44.1 Å². The van der Waals surface area contributed by atoms with Gasteiger partial charge in [0.15, 0.2) is 0 Å². The van der Waals surface area contributed by atoms with Crippen molar-refractivity contribution in [3.8, 4) is 6.07 Å². The molecule has 1 atom stereocenters. The van der Waals surface area contributed by atoms with Crippen LogP contribution in [0.2, 0.25) is 0 Å². The Morgan fingerprint density at radius 2 is 2.40 bits per heavy atom. The Morgan fingerprint density at radius 1 is 1.73 bits per heavy atom. The lowest BCUT2D eigenvalue weighted by Crippen LogP contribution is -2.34. The number of aryl methyl sites for hydroxylation is 1. The monoisotopic (exact) mass is 222 g/mol. The van der Waals surface area contributed by atoms with E-state index in [0.717, 1.165) is 10.4 Å². The smallest absolute Gasteiger partial charge is 0.264 e. The van der Waals surface area contributed by atoms with Crippen molar-refractivity contribution in [2.24, 2.45) is 0 Å². The van der Waals surface area contributed by atoms with Crippen LogP contribution in [0.15, 0.2) is 11.4 Å². The molecule has 1 aromatic heterocycles. The van der Waals surface area contributed by atoms with E-state index in [0.29, 0.717) is 6.42 Å². The van der Waals surface area contributed by atoms with Gasteiger partial charge in [0.1, 0.15) is 0 Å². The van der Waals surface area contributed by atoms with Crippen molar-refractivity contribution in [2.75, 3.05) is 7.05 Å². The predicted octanol–water partition coefficient (Wildman–Crippen LogP) is 2.43. The standard InChI is InChI=1S/C11H14N2OS/c1-8-5-7-15-10(8)11(14)13(3)9(2)4-6-12/h5,7,9H,4H2,1-3H3. The number of rotatable bonds is 3. The molecule has 0 saturated heterocycles. The van der Waals surface area contributed by atoms with Crippen LogP contribution < -0.4 is 0 Å². The fourth-order valence-electron chi connectivity index (χ4n) is 1.22. The molecule has 0 bridgehead atoms. The summed E-state index contributed by atoms with van der Waals surface area (Å²) in [4.78, 5) is 14.4. The SMILES string of the molecule is Cc1ccsc1C(=O)N(C)C(C)CC#N. The molecule has 1 unspecified atom stereocenters. The van der Waals surface area contributed by atoms with Crippen molar-refractivity contribution >= 4 is 17.2 Å². The van der Waals surface area contributed by atoms with Gasteiger partial charge in [-0.05, 0) is 30.9 Å². The summed E-state index contributed by atoms with van der Waals surface area (Å²) in [5, 5.41) is 10.5. The highest BCUT2D eigenvalue weighted by Gasteiger charge is 2.19. The molecule has 0 aliphatic carbocycles. The Bertz CT molecular complexity index is 392. The van der Waals surface area contributed by atoms with Gasteiger partial charge in [-0.1, -0.05) is 0 Å². The van der Waals surface area contributed by atoms with E-state index in [-0.39, 0.29) is 11.9 Å². The molecule has 1 heterocycles. The van der Waals surface area contributed by atoms with E-state index in [4.69, 9.17) is 5.26 Å². The number of carbonyl (C=O) groups excluding carboxylic acids is 1. The molecule has 3 nitrogen and oxygen atoms in total. The molecule has 0 aliphatic heterocycles. The zero-order chi connectivity index (χ0) is 11.4. The van der Waals surface area contributed by atoms with Gasteiger partial charge in [0.25, 0.3) is 5.91 Å². The summed E-state index contributed by atoms with van der Waals surface area (Å²) in [5.74, 6) is 0.00486. The summed E-state index contributed by atoms with van der Waals surface area (Å²) in [6, 6.07) is 3.97. The van der Waals surface area contributed by atoms with Crippen molar-refractivity contribution in [3.63, 3.8) is 0 Å². The lowest BCUT2D eigenvalue weighted by atomic mass is 10.2. The summed E-state index contributed by atoms with van der Waals surface area (Å²) in [7, 11) is 1.74. The van der Waals surface area contributed by atoms with E-state index >= 15 is 0 Å². The molecule has 0 fully saturated rings. The molecule has 1 rings (SSSR count). The number of hydrogen-bond acceptors (Lipinski definition) is 3. The average Bonchev–Trinajstić information content (AvgIpc) is 2.62. The molecule has 15 heavy (non-hydrogen) atoms. The van der Waals surface area contributed by atoms with Crippen LogP contribution in [0.4, 0.5) is 0 Å². The van der Waals surface area contributed by atoms with Crippen molar-refractivity contribution in [1.29, 1.82) is 5.26 Å². The van der Waals surface area contributed by atoms with E-state index < -0.39 is 0 Å². The van der Waals surface area contributed by atoms with Gasteiger partial charge in [-0.15, -0.1) is 11.3 Å². The minimum absolute atomic E-state index is 0.00486. The summed E-state index contributed by atoms with van der Waals surface area (Å²) in [6.07, 6.45) is 0.368. The molecule has 0 saturated carbocycles. The summed E-state index contributed by atoms with van der Waals surface area (Å²) >= 11 is 1.45. The van der Waals surface area contributed by atoms with Crippen LogP contribution >= 0.6 is 11.3 Å². The maximum atomic E-state index is 12.0. The second kappa shape index (κ2) is 4.94. The minimum Gasteiger partial charge on any atom is -0.337 e. The van der Waals surface area contributed by atoms with Gasteiger partial charge >= 0.3 is 0 Å². The normalized spacial score (nSPS) is 11.9. The molecular formula is C11H14N2OS.